The van der Waals surface area contributed by atoms with Gasteiger partial charge in [-0.3, -0.25) is 0 Å². The van der Waals surface area contributed by atoms with Gasteiger partial charge in [0.05, 0.1) is 11.0 Å². The third kappa shape index (κ3) is 1.97. The minimum absolute atomic E-state index is 0.643. The Morgan fingerprint density at radius 1 is 1.22 bits per heavy atom. The Balaban J connectivity index is 2.03. The van der Waals surface area contributed by atoms with Crippen molar-refractivity contribution in [1.29, 1.82) is 0 Å². The van der Waals surface area contributed by atoms with Crippen LogP contribution in [0.15, 0.2) is 18.3 Å². The van der Waals surface area contributed by atoms with Crippen molar-refractivity contribution < 1.29 is 0 Å². The second kappa shape index (κ2) is 4.61. The lowest BCUT2D eigenvalue weighted by molar-refractivity contribution is 0.462. The standard InChI is InChI=1S/C14H20N4/c1-18(2)13-4-3-12-14(17-13)11(9-16-12)10-5-7-15-8-6-10/h3-4,9-10,15-16H,5-8H2,1-2H3. The summed E-state index contributed by atoms with van der Waals surface area (Å²) in [5, 5.41) is 3.42. The topological polar surface area (TPSA) is 44.0 Å². The van der Waals surface area contributed by atoms with Crippen molar-refractivity contribution in [3.8, 4) is 0 Å². The number of anilines is 1. The molecular weight excluding hydrogens is 224 g/mol. The molecule has 0 unspecified atom stereocenters. The van der Waals surface area contributed by atoms with Crippen molar-refractivity contribution in [1.82, 2.24) is 15.3 Å². The molecular formula is C14H20N4. The van der Waals surface area contributed by atoms with Gasteiger partial charge in [0, 0.05) is 20.3 Å². The summed E-state index contributed by atoms with van der Waals surface area (Å²) in [5.41, 5.74) is 3.68. The number of aromatic nitrogens is 2. The molecule has 0 atom stereocenters. The maximum atomic E-state index is 4.78. The van der Waals surface area contributed by atoms with Gasteiger partial charge in [0.1, 0.15) is 5.82 Å². The molecule has 3 rings (SSSR count). The van der Waals surface area contributed by atoms with E-state index in [4.69, 9.17) is 4.98 Å². The second-order valence-corrected chi connectivity index (χ2v) is 5.23. The Hall–Kier alpha value is -1.55. The number of hydrogen-bond acceptors (Lipinski definition) is 3. The SMILES string of the molecule is CN(C)c1ccc2[nH]cc(C3CCNCC3)c2n1. The highest BCUT2D eigenvalue weighted by Gasteiger charge is 2.19. The highest BCUT2D eigenvalue weighted by Crippen LogP contribution is 2.31. The highest BCUT2D eigenvalue weighted by molar-refractivity contribution is 5.81. The Bertz CT molecular complexity index is 538. The molecule has 2 aromatic rings. The van der Waals surface area contributed by atoms with E-state index in [1.165, 1.54) is 18.4 Å². The average Bonchev–Trinajstić information content (AvgIpc) is 2.82. The van der Waals surface area contributed by atoms with Crippen LogP contribution in [0.25, 0.3) is 11.0 Å². The lowest BCUT2D eigenvalue weighted by Gasteiger charge is -2.22. The highest BCUT2D eigenvalue weighted by atomic mass is 15.1. The van der Waals surface area contributed by atoms with E-state index in [0.717, 1.165) is 29.9 Å². The average molecular weight is 244 g/mol. The van der Waals surface area contributed by atoms with Crippen molar-refractivity contribution in [3.05, 3.63) is 23.9 Å². The summed E-state index contributed by atoms with van der Waals surface area (Å²) in [5.74, 6) is 1.67. The van der Waals surface area contributed by atoms with Gasteiger partial charge < -0.3 is 15.2 Å². The molecule has 0 amide bonds. The zero-order valence-corrected chi connectivity index (χ0v) is 11.0. The lowest BCUT2D eigenvalue weighted by Crippen LogP contribution is -2.26. The predicted molar refractivity (Wildman–Crippen MR) is 75.3 cm³/mol. The van der Waals surface area contributed by atoms with Crippen molar-refractivity contribution in [3.63, 3.8) is 0 Å². The molecule has 1 saturated heterocycles. The van der Waals surface area contributed by atoms with Crippen LogP contribution in [0.5, 0.6) is 0 Å². The first-order chi connectivity index (χ1) is 8.75. The molecule has 0 aliphatic carbocycles. The van der Waals surface area contributed by atoms with Gasteiger partial charge in [-0.2, -0.15) is 0 Å². The molecule has 96 valence electrons. The van der Waals surface area contributed by atoms with Crippen LogP contribution in [0, 0.1) is 0 Å². The molecule has 1 fully saturated rings. The maximum Gasteiger partial charge on any atom is 0.128 e. The molecule has 0 bridgehead atoms. The zero-order chi connectivity index (χ0) is 12.5. The van der Waals surface area contributed by atoms with Crippen molar-refractivity contribution in [2.45, 2.75) is 18.8 Å². The van der Waals surface area contributed by atoms with E-state index < -0.39 is 0 Å². The third-order valence-electron chi connectivity index (χ3n) is 3.77. The van der Waals surface area contributed by atoms with Crippen LogP contribution in [0.3, 0.4) is 0 Å². The van der Waals surface area contributed by atoms with Crippen molar-refractivity contribution in [2.24, 2.45) is 0 Å². The molecule has 0 spiro atoms. The summed E-state index contributed by atoms with van der Waals surface area (Å²) >= 11 is 0. The molecule has 0 radical (unpaired) electrons. The molecule has 0 saturated carbocycles. The number of hydrogen-bond donors (Lipinski definition) is 2. The van der Waals surface area contributed by atoms with Crippen LogP contribution >= 0.6 is 0 Å². The Labute approximate surface area is 107 Å². The smallest absolute Gasteiger partial charge is 0.128 e. The van der Waals surface area contributed by atoms with E-state index in [1.807, 2.05) is 14.1 Å². The van der Waals surface area contributed by atoms with E-state index in [1.54, 1.807) is 0 Å². The van der Waals surface area contributed by atoms with Crippen LogP contribution in [0.4, 0.5) is 5.82 Å². The normalized spacial score (nSPS) is 17.2. The number of H-pyrrole nitrogens is 1. The molecule has 18 heavy (non-hydrogen) atoms. The summed E-state index contributed by atoms with van der Waals surface area (Å²) in [6, 6.07) is 4.19. The zero-order valence-electron chi connectivity index (χ0n) is 11.0. The van der Waals surface area contributed by atoms with Gasteiger partial charge >= 0.3 is 0 Å². The van der Waals surface area contributed by atoms with Gasteiger partial charge in [0.15, 0.2) is 0 Å². The van der Waals surface area contributed by atoms with Gasteiger partial charge in [-0.05, 0) is 49.5 Å². The monoisotopic (exact) mass is 244 g/mol. The van der Waals surface area contributed by atoms with E-state index in [-0.39, 0.29) is 0 Å². The number of aromatic amines is 1. The van der Waals surface area contributed by atoms with Gasteiger partial charge in [-0.1, -0.05) is 0 Å². The fourth-order valence-electron chi connectivity index (χ4n) is 2.70. The Kier molecular flexibility index (Phi) is 2.96. The molecule has 3 heterocycles. The minimum atomic E-state index is 0.643. The third-order valence-corrected chi connectivity index (χ3v) is 3.77. The number of fused-ring (bicyclic) bond motifs is 1. The fraction of sp³-hybridized carbons (Fsp3) is 0.500. The lowest BCUT2D eigenvalue weighted by atomic mass is 9.91. The van der Waals surface area contributed by atoms with Gasteiger partial charge in [-0.15, -0.1) is 0 Å². The quantitative estimate of drug-likeness (QED) is 0.850. The van der Waals surface area contributed by atoms with Gasteiger partial charge in [0.2, 0.25) is 0 Å². The van der Waals surface area contributed by atoms with Crippen LogP contribution in [0.1, 0.15) is 24.3 Å². The number of pyridine rings is 1. The van der Waals surface area contributed by atoms with E-state index in [9.17, 15) is 0 Å². The summed E-state index contributed by atoms with van der Waals surface area (Å²) in [7, 11) is 4.07. The molecule has 1 aliphatic heterocycles. The van der Waals surface area contributed by atoms with Crippen LogP contribution in [-0.4, -0.2) is 37.2 Å². The van der Waals surface area contributed by atoms with E-state index in [2.05, 4.69) is 33.5 Å². The van der Waals surface area contributed by atoms with Gasteiger partial charge in [-0.25, -0.2) is 4.98 Å². The van der Waals surface area contributed by atoms with Crippen LogP contribution in [0.2, 0.25) is 0 Å². The molecule has 4 nitrogen and oxygen atoms in total. The minimum Gasteiger partial charge on any atom is -0.363 e. The summed E-state index contributed by atoms with van der Waals surface area (Å²) in [6.07, 6.45) is 4.56. The van der Waals surface area contributed by atoms with E-state index >= 15 is 0 Å². The summed E-state index contributed by atoms with van der Waals surface area (Å²) in [6.45, 7) is 2.23. The van der Waals surface area contributed by atoms with Crippen LogP contribution in [-0.2, 0) is 0 Å². The van der Waals surface area contributed by atoms with Crippen molar-refractivity contribution in [2.75, 3.05) is 32.1 Å². The molecule has 2 aromatic heterocycles. The van der Waals surface area contributed by atoms with Crippen LogP contribution < -0.4 is 10.2 Å². The number of nitrogens with zero attached hydrogens (tertiary/aromatic N) is 2. The van der Waals surface area contributed by atoms with E-state index in [0.29, 0.717) is 5.92 Å². The first-order valence-corrected chi connectivity index (χ1v) is 6.62. The number of piperidine rings is 1. The molecule has 0 aromatic carbocycles. The Morgan fingerprint density at radius 3 is 2.72 bits per heavy atom. The second-order valence-electron chi connectivity index (χ2n) is 5.23. The maximum absolute atomic E-state index is 4.78. The summed E-state index contributed by atoms with van der Waals surface area (Å²) in [4.78, 5) is 10.2. The number of nitrogens with one attached hydrogen (secondary N) is 2. The molecule has 1 aliphatic rings. The first kappa shape index (κ1) is 11.5. The Morgan fingerprint density at radius 2 is 2.00 bits per heavy atom. The summed E-state index contributed by atoms with van der Waals surface area (Å²) < 4.78 is 0. The largest absolute Gasteiger partial charge is 0.363 e. The van der Waals surface area contributed by atoms with Gasteiger partial charge in [0.25, 0.3) is 0 Å². The predicted octanol–water partition coefficient (Wildman–Crippen LogP) is 2.10. The first-order valence-electron chi connectivity index (χ1n) is 6.62. The molecule has 2 N–H and O–H groups in total. The number of rotatable bonds is 2. The van der Waals surface area contributed by atoms with Crippen molar-refractivity contribution >= 4 is 16.9 Å². The molecule has 4 heteroatoms. The fourth-order valence-corrected chi connectivity index (χ4v) is 2.70.